The fourth-order valence-corrected chi connectivity index (χ4v) is 3.68. The third-order valence-electron chi connectivity index (χ3n) is 3.50. The summed E-state index contributed by atoms with van der Waals surface area (Å²) in [6, 6.07) is 0. The molecule has 0 amide bonds. The van der Waals surface area contributed by atoms with Gasteiger partial charge in [-0.3, -0.25) is 0 Å². The van der Waals surface area contributed by atoms with E-state index >= 15 is 0 Å². The van der Waals surface area contributed by atoms with E-state index < -0.39 is 0 Å². The molecular formula is C12H23BrS. The topological polar surface area (TPSA) is 0 Å². The monoisotopic (exact) mass is 278 g/mol. The number of halogens is 1. The Balaban J connectivity index is 2.25. The van der Waals surface area contributed by atoms with Crippen molar-refractivity contribution in [2.45, 2.75) is 50.3 Å². The maximum absolute atomic E-state index is 3.86. The minimum atomic E-state index is 0.812. The van der Waals surface area contributed by atoms with Crippen LogP contribution in [-0.4, -0.2) is 16.8 Å². The zero-order chi connectivity index (χ0) is 10.4. The molecule has 0 aromatic heterocycles. The summed E-state index contributed by atoms with van der Waals surface area (Å²) in [6.07, 6.45) is 10.8. The van der Waals surface area contributed by atoms with Crippen LogP contribution >= 0.6 is 27.7 Å². The third kappa shape index (κ3) is 4.14. The van der Waals surface area contributed by atoms with Crippen molar-refractivity contribution in [3.63, 3.8) is 0 Å². The van der Waals surface area contributed by atoms with Crippen molar-refractivity contribution in [3.8, 4) is 0 Å². The highest BCUT2D eigenvalue weighted by Crippen LogP contribution is 2.37. The molecule has 0 saturated heterocycles. The van der Waals surface area contributed by atoms with E-state index in [1.165, 1.54) is 44.3 Å². The molecule has 1 rings (SSSR count). The van der Waals surface area contributed by atoms with E-state index in [1.807, 2.05) is 11.8 Å². The van der Waals surface area contributed by atoms with Gasteiger partial charge < -0.3 is 0 Å². The first-order valence-corrected chi connectivity index (χ1v) is 8.21. The van der Waals surface area contributed by atoms with Crippen LogP contribution in [0.5, 0.6) is 0 Å². The normalized spacial score (nSPS) is 33.2. The van der Waals surface area contributed by atoms with Gasteiger partial charge in [0, 0.05) is 4.83 Å². The lowest BCUT2D eigenvalue weighted by atomic mass is 9.78. The molecule has 0 aliphatic heterocycles. The second-order valence-corrected chi connectivity index (χ2v) is 6.66. The molecule has 0 radical (unpaired) electrons. The van der Waals surface area contributed by atoms with Gasteiger partial charge in [0.05, 0.1) is 0 Å². The van der Waals surface area contributed by atoms with E-state index in [0.29, 0.717) is 0 Å². The van der Waals surface area contributed by atoms with Gasteiger partial charge in [-0.05, 0) is 55.9 Å². The van der Waals surface area contributed by atoms with E-state index in [2.05, 4.69) is 29.1 Å². The van der Waals surface area contributed by atoms with E-state index in [0.717, 1.165) is 16.7 Å². The molecule has 0 heterocycles. The van der Waals surface area contributed by atoms with Crippen LogP contribution in [0, 0.1) is 11.8 Å². The van der Waals surface area contributed by atoms with Crippen molar-refractivity contribution in [2.24, 2.45) is 11.8 Å². The molecule has 0 bridgehead atoms. The molecule has 1 aliphatic rings. The number of hydrogen-bond donors (Lipinski definition) is 0. The van der Waals surface area contributed by atoms with Crippen LogP contribution < -0.4 is 0 Å². The summed E-state index contributed by atoms with van der Waals surface area (Å²) in [6.45, 7) is 2.35. The summed E-state index contributed by atoms with van der Waals surface area (Å²) in [5.41, 5.74) is 0. The SMILES string of the molecule is CCC1CCC(Br)C(CCCSC)C1. The van der Waals surface area contributed by atoms with Crippen LogP contribution in [0.15, 0.2) is 0 Å². The maximum Gasteiger partial charge on any atom is 0.0174 e. The van der Waals surface area contributed by atoms with Gasteiger partial charge in [0.1, 0.15) is 0 Å². The molecular weight excluding hydrogens is 256 g/mol. The highest BCUT2D eigenvalue weighted by Gasteiger charge is 2.27. The third-order valence-corrected chi connectivity index (χ3v) is 5.40. The highest BCUT2D eigenvalue weighted by atomic mass is 79.9. The number of hydrogen-bond acceptors (Lipinski definition) is 1. The summed E-state index contributed by atoms with van der Waals surface area (Å²) in [5.74, 6) is 3.32. The van der Waals surface area contributed by atoms with Crippen molar-refractivity contribution in [2.75, 3.05) is 12.0 Å². The molecule has 14 heavy (non-hydrogen) atoms. The van der Waals surface area contributed by atoms with Crippen LogP contribution in [-0.2, 0) is 0 Å². The van der Waals surface area contributed by atoms with E-state index in [9.17, 15) is 0 Å². The van der Waals surface area contributed by atoms with Crippen molar-refractivity contribution in [1.29, 1.82) is 0 Å². The predicted octanol–water partition coefficient (Wildman–Crippen LogP) is 4.72. The lowest BCUT2D eigenvalue weighted by Gasteiger charge is -2.32. The first kappa shape index (κ1) is 12.9. The van der Waals surface area contributed by atoms with Crippen molar-refractivity contribution in [3.05, 3.63) is 0 Å². The fraction of sp³-hybridized carbons (Fsp3) is 1.00. The van der Waals surface area contributed by atoms with Gasteiger partial charge in [-0.1, -0.05) is 29.3 Å². The van der Waals surface area contributed by atoms with E-state index in [-0.39, 0.29) is 0 Å². The van der Waals surface area contributed by atoms with Crippen molar-refractivity contribution >= 4 is 27.7 Å². The Morgan fingerprint density at radius 3 is 2.79 bits per heavy atom. The van der Waals surface area contributed by atoms with Crippen LogP contribution in [0.1, 0.15) is 45.4 Å². The smallest absolute Gasteiger partial charge is 0.0174 e. The molecule has 2 heteroatoms. The van der Waals surface area contributed by atoms with Crippen LogP contribution in [0.4, 0.5) is 0 Å². The first-order chi connectivity index (χ1) is 6.77. The average molecular weight is 279 g/mol. The molecule has 0 spiro atoms. The molecule has 0 N–H and O–H groups in total. The number of alkyl halides is 1. The summed E-state index contributed by atoms with van der Waals surface area (Å²) >= 11 is 5.84. The Hall–Kier alpha value is 0.830. The largest absolute Gasteiger partial charge is 0.165 e. The van der Waals surface area contributed by atoms with Crippen LogP contribution in [0.2, 0.25) is 0 Å². The summed E-state index contributed by atoms with van der Waals surface area (Å²) in [5, 5.41) is 0. The van der Waals surface area contributed by atoms with Gasteiger partial charge in [0.15, 0.2) is 0 Å². The first-order valence-electron chi connectivity index (χ1n) is 5.91. The maximum atomic E-state index is 3.86. The molecule has 1 fully saturated rings. The number of rotatable bonds is 5. The molecule has 3 unspecified atom stereocenters. The quantitative estimate of drug-likeness (QED) is 0.518. The standard InChI is InChI=1S/C12H23BrS/c1-3-10-6-7-12(13)11(9-10)5-4-8-14-2/h10-12H,3-9H2,1-2H3. The number of thioether (sulfide) groups is 1. The Bertz CT molecular complexity index is 149. The molecule has 0 aromatic carbocycles. The zero-order valence-corrected chi connectivity index (χ0v) is 11.9. The summed E-state index contributed by atoms with van der Waals surface area (Å²) < 4.78 is 0. The van der Waals surface area contributed by atoms with Gasteiger partial charge in [-0.15, -0.1) is 0 Å². The molecule has 3 atom stereocenters. The van der Waals surface area contributed by atoms with Crippen LogP contribution in [0.25, 0.3) is 0 Å². The summed E-state index contributed by atoms with van der Waals surface area (Å²) in [7, 11) is 0. The minimum Gasteiger partial charge on any atom is -0.165 e. The average Bonchev–Trinajstić information content (AvgIpc) is 2.21. The fourth-order valence-electron chi connectivity index (χ4n) is 2.48. The van der Waals surface area contributed by atoms with Gasteiger partial charge in [-0.2, -0.15) is 11.8 Å². The molecule has 0 aromatic rings. The predicted molar refractivity (Wildman–Crippen MR) is 71.5 cm³/mol. The highest BCUT2D eigenvalue weighted by molar-refractivity contribution is 9.09. The molecule has 0 nitrogen and oxygen atoms in total. The second-order valence-electron chi connectivity index (χ2n) is 4.50. The Morgan fingerprint density at radius 1 is 1.36 bits per heavy atom. The van der Waals surface area contributed by atoms with Crippen LogP contribution in [0.3, 0.4) is 0 Å². The Kier molecular flexibility index (Phi) is 6.60. The van der Waals surface area contributed by atoms with Crippen molar-refractivity contribution < 1.29 is 0 Å². The lowest BCUT2D eigenvalue weighted by Crippen LogP contribution is -2.24. The second kappa shape index (κ2) is 7.16. The summed E-state index contributed by atoms with van der Waals surface area (Å²) in [4.78, 5) is 0.812. The molecule has 84 valence electrons. The van der Waals surface area contributed by atoms with Gasteiger partial charge in [0.2, 0.25) is 0 Å². The molecule has 1 saturated carbocycles. The van der Waals surface area contributed by atoms with Crippen molar-refractivity contribution in [1.82, 2.24) is 0 Å². The van der Waals surface area contributed by atoms with Gasteiger partial charge in [-0.25, -0.2) is 0 Å². The van der Waals surface area contributed by atoms with Gasteiger partial charge >= 0.3 is 0 Å². The van der Waals surface area contributed by atoms with Gasteiger partial charge in [0.25, 0.3) is 0 Å². The van der Waals surface area contributed by atoms with E-state index in [1.54, 1.807) is 0 Å². The minimum absolute atomic E-state index is 0.812. The zero-order valence-electron chi connectivity index (χ0n) is 9.47. The Labute approximate surface area is 102 Å². The van der Waals surface area contributed by atoms with E-state index in [4.69, 9.17) is 0 Å². The lowest BCUT2D eigenvalue weighted by molar-refractivity contribution is 0.260. The Morgan fingerprint density at radius 2 is 2.14 bits per heavy atom. The molecule has 1 aliphatic carbocycles.